The Morgan fingerprint density at radius 2 is 1.26 bits per heavy atom. The second-order valence-corrected chi connectivity index (χ2v) is 6.60. The standard InChI is InChI=1S/C19H36O4/c1-4-5-6-7-8-9-15-22-18(20)13-10-14-19(21)23-16-11-12-17(2)3/h17H,4-16H2,1-3H3. The van der Waals surface area contributed by atoms with Gasteiger partial charge in [0.25, 0.3) is 0 Å². The molecule has 0 aliphatic carbocycles. The number of esters is 2. The molecule has 4 heteroatoms. The zero-order valence-electron chi connectivity index (χ0n) is 15.4. The maximum Gasteiger partial charge on any atom is 0.305 e. The lowest BCUT2D eigenvalue weighted by atomic mass is 10.1. The van der Waals surface area contributed by atoms with Crippen LogP contribution in [0.5, 0.6) is 0 Å². The zero-order valence-corrected chi connectivity index (χ0v) is 15.4. The predicted molar refractivity (Wildman–Crippen MR) is 93.2 cm³/mol. The summed E-state index contributed by atoms with van der Waals surface area (Å²) < 4.78 is 10.3. The van der Waals surface area contributed by atoms with Crippen LogP contribution in [-0.2, 0) is 19.1 Å². The monoisotopic (exact) mass is 328 g/mol. The third kappa shape index (κ3) is 17.1. The number of carbonyl (C=O) groups is 2. The van der Waals surface area contributed by atoms with Crippen molar-refractivity contribution in [2.45, 2.75) is 91.4 Å². The average Bonchev–Trinajstić information content (AvgIpc) is 2.50. The topological polar surface area (TPSA) is 52.6 Å². The molecular formula is C19H36O4. The fourth-order valence-electron chi connectivity index (χ4n) is 2.27. The van der Waals surface area contributed by atoms with Crippen molar-refractivity contribution in [3.63, 3.8) is 0 Å². The Hall–Kier alpha value is -1.06. The molecule has 0 aromatic rings. The van der Waals surface area contributed by atoms with Gasteiger partial charge >= 0.3 is 11.9 Å². The van der Waals surface area contributed by atoms with Crippen LogP contribution >= 0.6 is 0 Å². The summed E-state index contributed by atoms with van der Waals surface area (Å²) in [5.41, 5.74) is 0. The van der Waals surface area contributed by atoms with Crippen molar-refractivity contribution in [3.05, 3.63) is 0 Å². The van der Waals surface area contributed by atoms with Crippen molar-refractivity contribution in [1.29, 1.82) is 0 Å². The lowest BCUT2D eigenvalue weighted by Gasteiger charge is -2.07. The summed E-state index contributed by atoms with van der Waals surface area (Å²) in [4.78, 5) is 23.0. The van der Waals surface area contributed by atoms with Crippen molar-refractivity contribution in [1.82, 2.24) is 0 Å². The van der Waals surface area contributed by atoms with Gasteiger partial charge in [0.2, 0.25) is 0 Å². The molecule has 0 unspecified atom stereocenters. The highest BCUT2D eigenvalue weighted by molar-refractivity contribution is 5.72. The molecular weight excluding hydrogens is 292 g/mol. The lowest BCUT2D eigenvalue weighted by molar-refractivity contribution is -0.145. The molecule has 0 saturated heterocycles. The van der Waals surface area contributed by atoms with Crippen LogP contribution in [0.1, 0.15) is 91.4 Å². The summed E-state index contributed by atoms with van der Waals surface area (Å²) in [6.07, 6.45) is 10.2. The van der Waals surface area contributed by atoms with Gasteiger partial charge in [0.05, 0.1) is 13.2 Å². The molecule has 0 radical (unpaired) electrons. The molecule has 4 nitrogen and oxygen atoms in total. The Bertz CT molecular complexity index is 300. The first-order chi connectivity index (χ1) is 11.1. The number of hydrogen-bond acceptors (Lipinski definition) is 4. The van der Waals surface area contributed by atoms with Gasteiger partial charge in [0.1, 0.15) is 0 Å². The SMILES string of the molecule is CCCCCCCCOC(=O)CCCC(=O)OCCCC(C)C. The maximum absolute atomic E-state index is 11.5. The number of carbonyl (C=O) groups excluding carboxylic acids is 2. The van der Waals surface area contributed by atoms with Gasteiger partial charge in [0, 0.05) is 12.8 Å². The van der Waals surface area contributed by atoms with Crippen LogP contribution < -0.4 is 0 Å². The Kier molecular flexibility index (Phi) is 15.1. The van der Waals surface area contributed by atoms with Gasteiger partial charge in [-0.3, -0.25) is 9.59 Å². The lowest BCUT2D eigenvalue weighted by Crippen LogP contribution is -2.09. The third-order valence-electron chi connectivity index (χ3n) is 3.71. The summed E-state index contributed by atoms with van der Waals surface area (Å²) in [5, 5.41) is 0. The molecule has 0 atom stereocenters. The number of hydrogen-bond donors (Lipinski definition) is 0. The van der Waals surface area contributed by atoms with Crippen LogP contribution in [0, 0.1) is 5.92 Å². The van der Waals surface area contributed by atoms with E-state index in [-0.39, 0.29) is 11.9 Å². The van der Waals surface area contributed by atoms with Crippen molar-refractivity contribution in [3.8, 4) is 0 Å². The van der Waals surface area contributed by atoms with E-state index in [0.717, 1.165) is 25.7 Å². The van der Waals surface area contributed by atoms with Gasteiger partial charge < -0.3 is 9.47 Å². The van der Waals surface area contributed by atoms with Crippen LogP contribution in [0.3, 0.4) is 0 Å². The summed E-state index contributed by atoms with van der Waals surface area (Å²) in [6, 6.07) is 0. The predicted octanol–water partition coefficient (Wildman–Crippen LogP) is 5.04. The fraction of sp³-hybridized carbons (Fsp3) is 0.895. The van der Waals surface area contributed by atoms with Gasteiger partial charge in [-0.05, 0) is 31.6 Å². The molecule has 0 fully saturated rings. The Morgan fingerprint density at radius 3 is 1.83 bits per heavy atom. The first kappa shape index (κ1) is 21.9. The van der Waals surface area contributed by atoms with Crippen LogP contribution in [0.4, 0.5) is 0 Å². The molecule has 0 amide bonds. The maximum atomic E-state index is 11.5. The number of rotatable bonds is 15. The first-order valence-corrected chi connectivity index (χ1v) is 9.37. The molecule has 0 heterocycles. The van der Waals surface area contributed by atoms with Gasteiger partial charge in [0.15, 0.2) is 0 Å². The molecule has 0 aromatic heterocycles. The second-order valence-electron chi connectivity index (χ2n) is 6.60. The minimum atomic E-state index is -0.211. The van der Waals surface area contributed by atoms with Gasteiger partial charge in [-0.1, -0.05) is 52.9 Å². The van der Waals surface area contributed by atoms with Crippen molar-refractivity contribution in [2.75, 3.05) is 13.2 Å². The van der Waals surface area contributed by atoms with Gasteiger partial charge in [-0.15, -0.1) is 0 Å². The van der Waals surface area contributed by atoms with E-state index in [4.69, 9.17) is 9.47 Å². The van der Waals surface area contributed by atoms with E-state index in [1.807, 2.05) is 0 Å². The van der Waals surface area contributed by atoms with E-state index < -0.39 is 0 Å². The van der Waals surface area contributed by atoms with Crippen LogP contribution in [0.15, 0.2) is 0 Å². The molecule has 0 saturated carbocycles. The fourth-order valence-corrected chi connectivity index (χ4v) is 2.27. The van der Waals surface area contributed by atoms with E-state index in [1.165, 1.54) is 25.7 Å². The number of ether oxygens (including phenoxy) is 2. The van der Waals surface area contributed by atoms with E-state index >= 15 is 0 Å². The van der Waals surface area contributed by atoms with E-state index in [0.29, 0.717) is 38.4 Å². The Morgan fingerprint density at radius 1 is 0.739 bits per heavy atom. The van der Waals surface area contributed by atoms with Gasteiger partial charge in [-0.2, -0.15) is 0 Å². The minimum absolute atomic E-state index is 0.203. The largest absolute Gasteiger partial charge is 0.466 e. The van der Waals surface area contributed by atoms with Crippen LogP contribution in [-0.4, -0.2) is 25.2 Å². The summed E-state index contributed by atoms with van der Waals surface area (Å²) in [5.74, 6) is 0.221. The summed E-state index contributed by atoms with van der Waals surface area (Å²) >= 11 is 0. The molecule has 0 N–H and O–H groups in total. The quantitative estimate of drug-likeness (QED) is 0.312. The molecule has 23 heavy (non-hydrogen) atoms. The van der Waals surface area contributed by atoms with Crippen LogP contribution in [0.25, 0.3) is 0 Å². The van der Waals surface area contributed by atoms with Crippen LogP contribution in [0.2, 0.25) is 0 Å². The van der Waals surface area contributed by atoms with Crippen molar-refractivity contribution in [2.24, 2.45) is 5.92 Å². The highest BCUT2D eigenvalue weighted by Crippen LogP contribution is 2.07. The normalized spacial score (nSPS) is 10.8. The molecule has 0 aliphatic heterocycles. The minimum Gasteiger partial charge on any atom is -0.466 e. The third-order valence-corrected chi connectivity index (χ3v) is 3.71. The van der Waals surface area contributed by atoms with Crippen molar-refractivity contribution < 1.29 is 19.1 Å². The Balaban J connectivity index is 3.36. The molecule has 0 aliphatic rings. The smallest absolute Gasteiger partial charge is 0.305 e. The molecule has 0 bridgehead atoms. The van der Waals surface area contributed by atoms with E-state index in [9.17, 15) is 9.59 Å². The second kappa shape index (κ2) is 15.8. The first-order valence-electron chi connectivity index (χ1n) is 9.37. The van der Waals surface area contributed by atoms with Crippen molar-refractivity contribution >= 4 is 11.9 Å². The highest BCUT2D eigenvalue weighted by atomic mass is 16.5. The molecule has 0 spiro atoms. The highest BCUT2D eigenvalue weighted by Gasteiger charge is 2.07. The summed E-state index contributed by atoms with van der Waals surface area (Å²) in [6.45, 7) is 7.49. The molecule has 136 valence electrons. The van der Waals surface area contributed by atoms with E-state index in [1.54, 1.807) is 0 Å². The zero-order chi connectivity index (χ0) is 17.3. The summed E-state index contributed by atoms with van der Waals surface area (Å²) in [7, 11) is 0. The van der Waals surface area contributed by atoms with Gasteiger partial charge in [-0.25, -0.2) is 0 Å². The van der Waals surface area contributed by atoms with E-state index in [2.05, 4.69) is 20.8 Å². The number of unbranched alkanes of at least 4 members (excludes halogenated alkanes) is 5. The Labute approximate surface area is 142 Å². The molecule has 0 rings (SSSR count). The average molecular weight is 328 g/mol. The molecule has 0 aromatic carbocycles.